The van der Waals surface area contributed by atoms with Crippen LogP contribution in [0.1, 0.15) is 0 Å². The molecule has 0 fully saturated rings. The van der Waals surface area contributed by atoms with Crippen LogP contribution in [0, 0.1) is 10.1 Å². The van der Waals surface area contributed by atoms with Gasteiger partial charge in [0.05, 0.1) is 15.7 Å². The highest BCUT2D eigenvalue weighted by Crippen LogP contribution is 2.30. The van der Waals surface area contributed by atoms with Crippen LogP contribution in [0.2, 0.25) is 10.0 Å². The molecule has 1 aromatic carbocycles. The zero-order valence-electron chi connectivity index (χ0n) is 12.2. The minimum atomic E-state index is -0.737. The average Bonchev–Trinajstić information content (AvgIpc) is 3.19. The Morgan fingerprint density at radius 3 is 2.84 bits per heavy atom. The third kappa shape index (κ3) is 4.10. The molecule has 0 aliphatic carbocycles. The molecule has 0 unspecified atom stereocenters. The number of rotatable bonds is 5. The van der Waals surface area contributed by atoms with Crippen LogP contribution in [0.25, 0.3) is 11.3 Å². The number of hydrogen-bond donors (Lipinski definition) is 1. The van der Waals surface area contributed by atoms with Crippen molar-refractivity contribution < 1.29 is 9.72 Å². The Morgan fingerprint density at radius 1 is 1.36 bits per heavy atom. The number of benzene rings is 1. The van der Waals surface area contributed by atoms with E-state index < -0.39 is 16.8 Å². The molecule has 0 aliphatic rings. The van der Waals surface area contributed by atoms with Crippen LogP contribution in [-0.4, -0.2) is 30.6 Å². The molecule has 0 saturated carbocycles. The maximum absolute atomic E-state index is 12.0. The van der Waals surface area contributed by atoms with Crippen molar-refractivity contribution in [3.05, 3.63) is 50.1 Å². The molecule has 3 aromatic rings. The van der Waals surface area contributed by atoms with Crippen molar-refractivity contribution in [2.45, 2.75) is 6.54 Å². The highest BCUT2D eigenvalue weighted by atomic mass is 35.5. The fourth-order valence-electron chi connectivity index (χ4n) is 1.87. The molecular formula is C13H8Cl2N6O3S. The summed E-state index contributed by atoms with van der Waals surface area (Å²) in [4.78, 5) is 29.5. The van der Waals surface area contributed by atoms with Gasteiger partial charge < -0.3 is 15.4 Å². The van der Waals surface area contributed by atoms with Crippen LogP contribution in [0.3, 0.4) is 0 Å². The van der Waals surface area contributed by atoms with E-state index in [4.69, 9.17) is 23.2 Å². The van der Waals surface area contributed by atoms with E-state index in [9.17, 15) is 14.9 Å². The quantitative estimate of drug-likeness (QED) is 0.520. The second-order valence-corrected chi connectivity index (χ2v) is 6.39. The van der Waals surface area contributed by atoms with Crippen LogP contribution in [0.4, 0.5) is 11.1 Å². The minimum Gasteiger partial charge on any atom is -0.390 e. The molecule has 3 rings (SSSR count). The Balaban J connectivity index is 1.66. The number of carbonyl (C=O) groups is 1. The predicted octanol–water partition coefficient (Wildman–Crippen LogP) is 3.26. The van der Waals surface area contributed by atoms with Gasteiger partial charge in [-0.1, -0.05) is 34.3 Å². The zero-order valence-corrected chi connectivity index (χ0v) is 14.5. The summed E-state index contributed by atoms with van der Waals surface area (Å²) in [5.41, 5.74) is 1.40. The fourth-order valence-corrected chi connectivity index (χ4v) is 2.90. The van der Waals surface area contributed by atoms with E-state index in [1.165, 1.54) is 11.3 Å². The minimum absolute atomic E-state index is 0.220. The van der Waals surface area contributed by atoms with Crippen LogP contribution < -0.4 is 5.32 Å². The van der Waals surface area contributed by atoms with Gasteiger partial charge in [0.25, 0.3) is 0 Å². The third-order valence-corrected chi connectivity index (χ3v) is 4.46. The molecule has 9 nitrogen and oxygen atoms in total. The van der Waals surface area contributed by atoms with Gasteiger partial charge >= 0.3 is 5.95 Å². The Kier molecular flexibility index (Phi) is 4.93. The van der Waals surface area contributed by atoms with E-state index in [1.807, 2.05) is 0 Å². The molecule has 128 valence electrons. The smallest absolute Gasteiger partial charge is 0.390 e. The van der Waals surface area contributed by atoms with Gasteiger partial charge in [-0.05, 0) is 17.1 Å². The molecule has 0 spiro atoms. The largest absolute Gasteiger partial charge is 0.490 e. The number of nitro groups is 1. The molecule has 25 heavy (non-hydrogen) atoms. The molecule has 1 N–H and O–H groups in total. The molecule has 0 aliphatic heterocycles. The Bertz CT molecular complexity index is 957. The number of thiazole rings is 1. The van der Waals surface area contributed by atoms with Crippen molar-refractivity contribution in [2.24, 2.45) is 0 Å². The van der Waals surface area contributed by atoms with Crippen LogP contribution in [0.15, 0.2) is 29.9 Å². The van der Waals surface area contributed by atoms with Crippen molar-refractivity contribution in [3.63, 3.8) is 0 Å². The molecule has 0 radical (unpaired) electrons. The van der Waals surface area contributed by atoms with Crippen LogP contribution >= 0.6 is 34.5 Å². The Morgan fingerprint density at radius 2 is 2.16 bits per heavy atom. The molecule has 0 atom stereocenters. The highest BCUT2D eigenvalue weighted by Gasteiger charge is 2.16. The summed E-state index contributed by atoms with van der Waals surface area (Å²) < 4.78 is 1.07. The molecule has 0 bridgehead atoms. The van der Waals surface area contributed by atoms with Gasteiger partial charge in [-0.25, -0.2) is 4.98 Å². The molecular weight excluding hydrogens is 391 g/mol. The average molecular weight is 399 g/mol. The number of nitrogens with one attached hydrogen (secondary N) is 1. The Hall–Kier alpha value is -2.56. The van der Waals surface area contributed by atoms with Crippen molar-refractivity contribution in [1.82, 2.24) is 19.7 Å². The summed E-state index contributed by atoms with van der Waals surface area (Å²) in [6.45, 7) is -0.220. The van der Waals surface area contributed by atoms with Gasteiger partial charge in [0.15, 0.2) is 5.13 Å². The van der Waals surface area contributed by atoms with E-state index >= 15 is 0 Å². The fraction of sp³-hybridized carbons (Fsp3) is 0.0769. The highest BCUT2D eigenvalue weighted by molar-refractivity contribution is 7.14. The lowest BCUT2D eigenvalue weighted by Crippen LogP contribution is -2.19. The summed E-state index contributed by atoms with van der Waals surface area (Å²) in [5, 5.41) is 19.7. The van der Waals surface area contributed by atoms with Crippen LogP contribution in [-0.2, 0) is 11.3 Å². The van der Waals surface area contributed by atoms with Gasteiger partial charge in [0, 0.05) is 16.0 Å². The zero-order chi connectivity index (χ0) is 18.0. The third-order valence-electron chi connectivity index (χ3n) is 2.96. The lowest BCUT2D eigenvalue weighted by Gasteiger charge is -2.00. The van der Waals surface area contributed by atoms with Crippen molar-refractivity contribution in [2.75, 3.05) is 5.32 Å². The maximum atomic E-state index is 12.0. The van der Waals surface area contributed by atoms with E-state index in [0.717, 1.165) is 16.6 Å². The SMILES string of the molecule is O=C(Cn1cnc([N+](=O)[O-])n1)Nc1nc(-c2ccc(Cl)c(Cl)c2)cs1. The first kappa shape index (κ1) is 17.3. The summed E-state index contributed by atoms with van der Waals surface area (Å²) in [7, 11) is 0. The Labute approximate surface area is 154 Å². The number of anilines is 1. The van der Waals surface area contributed by atoms with E-state index in [0.29, 0.717) is 20.9 Å². The second-order valence-electron chi connectivity index (χ2n) is 4.71. The molecule has 2 aromatic heterocycles. The van der Waals surface area contributed by atoms with Gasteiger partial charge in [0.1, 0.15) is 6.54 Å². The van der Waals surface area contributed by atoms with Crippen molar-refractivity contribution in [3.8, 4) is 11.3 Å². The number of hydrogen-bond acceptors (Lipinski definition) is 7. The molecule has 12 heteroatoms. The first-order valence-corrected chi connectivity index (χ1v) is 8.30. The standard InChI is InChI=1S/C13H8Cl2N6O3S/c14-8-2-1-7(3-9(8)15)10-5-25-13(17-10)18-11(22)4-20-6-16-12(19-20)21(23)24/h1-3,5-6H,4H2,(H,17,18,22). The monoisotopic (exact) mass is 398 g/mol. The summed E-state index contributed by atoms with van der Waals surface area (Å²) >= 11 is 13.1. The molecule has 1 amide bonds. The van der Waals surface area contributed by atoms with Gasteiger partial charge in [0.2, 0.25) is 12.2 Å². The normalized spacial score (nSPS) is 10.6. The topological polar surface area (TPSA) is 116 Å². The van der Waals surface area contributed by atoms with Crippen molar-refractivity contribution in [1.29, 1.82) is 0 Å². The number of amides is 1. The van der Waals surface area contributed by atoms with Gasteiger partial charge in [-0.15, -0.1) is 11.3 Å². The maximum Gasteiger partial charge on any atom is 0.490 e. The van der Waals surface area contributed by atoms with E-state index in [1.54, 1.807) is 23.6 Å². The van der Waals surface area contributed by atoms with Gasteiger partial charge in [-0.3, -0.25) is 4.79 Å². The summed E-state index contributed by atoms with van der Waals surface area (Å²) in [6.07, 6.45) is 1.11. The number of nitrogens with zero attached hydrogens (tertiary/aromatic N) is 5. The van der Waals surface area contributed by atoms with Crippen molar-refractivity contribution >= 4 is 51.5 Å². The van der Waals surface area contributed by atoms with Crippen LogP contribution in [0.5, 0.6) is 0 Å². The lowest BCUT2D eigenvalue weighted by molar-refractivity contribution is -0.394. The first-order chi connectivity index (χ1) is 11.9. The number of aromatic nitrogens is 4. The van der Waals surface area contributed by atoms with E-state index in [-0.39, 0.29) is 6.54 Å². The number of carbonyl (C=O) groups excluding carboxylic acids is 1. The first-order valence-electron chi connectivity index (χ1n) is 6.67. The predicted molar refractivity (Wildman–Crippen MR) is 92.9 cm³/mol. The summed E-state index contributed by atoms with van der Waals surface area (Å²) in [6, 6.07) is 5.11. The lowest BCUT2D eigenvalue weighted by atomic mass is 10.2. The van der Waals surface area contributed by atoms with Gasteiger partial charge in [-0.2, -0.15) is 4.68 Å². The number of halogens is 2. The summed E-state index contributed by atoms with van der Waals surface area (Å²) in [5.74, 6) is -1.00. The molecule has 0 saturated heterocycles. The van der Waals surface area contributed by atoms with E-state index in [2.05, 4.69) is 20.4 Å². The molecule has 2 heterocycles. The second kappa shape index (κ2) is 7.13.